The van der Waals surface area contributed by atoms with E-state index < -0.39 is 16.1 Å². The van der Waals surface area contributed by atoms with Crippen LogP contribution in [0, 0.1) is 12.8 Å². The first kappa shape index (κ1) is 25.8. The Labute approximate surface area is 212 Å². The summed E-state index contributed by atoms with van der Waals surface area (Å²) in [5, 5.41) is 7.21. The molecule has 36 heavy (non-hydrogen) atoms. The summed E-state index contributed by atoms with van der Waals surface area (Å²) in [4.78, 5) is 30.4. The Morgan fingerprint density at radius 2 is 1.86 bits per heavy atom. The van der Waals surface area contributed by atoms with Crippen molar-refractivity contribution in [2.75, 3.05) is 18.4 Å². The van der Waals surface area contributed by atoms with Crippen molar-refractivity contribution >= 4 is 38.3 Å². The molecule has 1 aliphatic heterocycles. The van der Waals surface area contributed by atoms with Gasteiger partial charge in [-0.25, -0.2) is 12.7 Å². The molecular weight excluding hydrogens is 476 g/mol. The fourth-order valence-corrected chi connectivity index (χ4v) is 6.73. The number of aromatic nitrogens is 1. The van der Waals surface area contributed by atoms with Crippen LogP contribution in [0.5, 0.6) is 0 Å². The van der Waals surface area contributed by atoms with Crippen LogP contribution in [-0.4, -0.2) is 48.7 Å². The summed E-state index contributed by atoms with van der Waals surface area (Å²) in [5.41, 5.74) is 1.52. The highest BCUT2D eigenvalue weighted by Gasteiger charge is 2.39. The Kier molecular flexibility index (Phi) is 7.70. The lowest BCUT2D eigenvalue weighted by Crippen LogP contribution is -2.53. The van der Waals surface area contributed by atoms with Crippen LogP contribution >= 0.6 is 0 Å². The van der Waals surface area contributed by atoms with E-state index in [9.17, 15) is 18.0 Å². The van der Waals surface area contributed by atoms with Crippen LogP contribution in [0.25, 0.3) is 10.8 Å². The van der Waals surface area contributed by atoms with Gasteiger partial charge in [0.15, 0.2) is 0 Å². The highest BCUT2D eigenvalue weighted by molar-refractivity contribution is 7.90. The van der Waals surface area contributed by atoms with Crippen molar-refractivity contribution in [3.05, 3.63) is 66.0 Å². The number of pyridine rings is 1. The summed E-state index contributed by atoms with van der Waals surface area (Å²) in [5.74, 6) is -0.726. The number of sulfonamides is 1. The first-order valence-electron chi connectivity index (χ1n) is 12.3. The van der Waals surface area contributed by atoms with Crippen LogP contribution in [-0.2, 0) is 14.8 Å². The maximum absolute atomic E-state index is 14.1. The number of piperidine rings is 1. The summed E-state index contributed by atoms with van der Waals surface area (Å²) in [6.07, 6.45) is 2.90. The number of hydrogen-bond donors (Lipinski definition) is 2. The van der Waals surface area contributed by atoms with Crippen LogP contribution in [0.15, 0.2) is 59.6 Å². The summed E-state index contributed by atoms with van der Waals surface area (Å²) >= 11 is 0. The zero-order chi connectivity index (χ0) is 25.9. The number of anilines is 1. The van der Waals surface area contributed by atoms with Crippen LogP contribution < -0.4 is 10.6 Å². The smallest absolute Gasteiger partial charge is 0.267 e. The molecule has 190 valence electrons. The average Bonchev–Trinajstić information content (AvgIpc) is 2.85. The molecule has 9 heteroatoms. The van der Waals surface area contributed by atoms with Gasteiger partial charge in [0.05, 0.1) is 16.5 Å². The molecule has 0 spiro atoms. The molecule has 0 unspecified atom stereocenters. The molecule has 1 aliphatic rings. The number of rotatable bonds is 7. The standard InChI is InChI=1S/C27H32N4O4S/c1-4-8-26(32)31(24-14-16-28-17-18(24)2)36(34,35)25-13-12-23(21-9-5-6-10-22(21)25)30-27(33)20-11-7-15-29-19(20)3/h5-7,9-13,15,18,24,28H,4,8,14,16-17H2,1-3H3,(H,30,33)/t18-,24-/m0/s1. The third-order valence-electron chi connectivity index (χ3n) is 6.67. The number of amides is 2. The number of nitrogens with zero attached hydrogens (tertiary/aromatic N) is 2. The fourth-order valence-electron chi connectivity index (χ4n) is 4.80. The van der Waals surface area contributed by atoms with Crippen molar-refractivity contribution in [3.63, 3.8) is 0 Å². The van der Waals surface area contributed by atoms with Crippen LogP contribution in [0.4, 0.5) is 5.69 Å². The van der Waals surface area contributed by atoms with E-state index in [1.807, 2.05) is 13.8 Å². The minimum absolute atomic E-state index is 0.0121. The van der Waals surface area contributed by atoms with Crippen molar-refractivity contribution in [3.8, 4) is 0 Å². The predicted molar refractivity (Wildman–Crippen MR) is 140 cm³/mol. The van der Waals surface area contributed by atoms with Gasteiger partial charge in [-0.2, -0.15) is 0 Å². The molecule has 1 fully saturated rings. The normalized spacial score (nSPS) is 18.1. The molecule has 4 rings (SSSR count). The molecule has 8 nitrogen and oxygen atoms in total. The zero-order valence-corrected chi connectivity index (χ0v) is 21.6. The van der Waals surface area contributed by atoms with Crippen LogP contribution in [0.1, 0.15) is 49.2 Å². The summed E-state index contributed by atoms with van der Waals surface area (Å²) in [6.45, 7) is 6.89. The molecule has 2 amide bonds. The number of fused-ring (bicyclic) bond motifs is 1. The minimum Gasteiger partial charge on any atom is -0.321 e. The van der Waals surface area contributed by atoms with E-state index in [1.54, 1.807) is 55.6 Å². The van der Waals surface area contributed by atoms with E-state index in [-0.39, 0.29) is 29.0 Å². The van der Waals surface area contributed by atoms with E-state index in [2.05, 4.69) is 15.6 Å². The molecule has 2 atom stereocenters. The Hall–Kier alpha value is -3.30. The van der Waals surface area contributed by atoms with Crippen molar-refractivity contribution in [2.24, 2.45) is 5.92 Å². The molecule has 1 aromatic heterocycles. The second-order valence-electron chi connectivity index (χ2n) is 9.23. The van der Waals surface area contributed by atoms with Gasteiger partial charge in [-0.05, 0) is 63.0 Å². The highest BCUT2D eigenvalue weighted by atomic mass is 32.2. The van der Waals surface area contributed by atoms with E-state index in [1.165, 1.54) is 6.07 Å². The molecule has 0 radical (unpaired) electrons. The number of benzene rings is 2. The molecule has 2 heterocycles. The maximum atomic E-state index is 14.1. The summed E-state index contributed by atoms with van der Waals surface area (Å²) in [6, 6.07) is 13.1. The number of aryl methyl sites for hydroxylation is 1. The Balaban J connectivity index is 1.79. The third kappa shape index (κ3) is 4.99. The molecule has 0 aliphatic carbocycles. The molecule has 0 saturated carbocycles. The third-order valence-corrected chi connectivity index (χ3v) is 8.58. The van der Waals surface area contributed by atoms with Gasteiger partial charge in [0.25, 0.3) is 15.9 Å². The average molecular weight is 509 g/mol. The lowest BCUT2D eigenvalue weighted by Gasteiger charge is -2.38. The van der Waals surface area contributed by atoms with Crippen molar-refractivity contribution < 1.29 is 18.0 Å². The zero-order valence-electron chi connectivity index (χ0n) is 20.8. The lowest BCUT2D eigenvalue weighted by molar-refractivity contribution is -0.129. The van der Waals surface area contributed by atoms with Crippen molar-refractivity contribution in [1.29, 1.82) is 0 Å². The van der Waals surface area contributed by atoms with Crippen molar-refractivity contribution in [1.82, 2.24) is 14.6 Å². The van der Waals surface area contributed by atoms with Gasteiger partial charge >= 0.3 is 0 Å². The number of nitrogens with one attached hydrogen (secondary N) is 2. The molecule has 0 bridgehead atoms. The first-order valence-corrected chi connectivity index (χ1v) is 13.7. The van der Waals surface area contributed by atoms with E-state index in [4.69, 9.17) is 0 Å². The molecule has 2 N–H and O–H groups in total. The quantitative estimate of drug-likeness (QED) is 0.497. The second-order valence-corrected chi connectivity index (χ2v) is 11.0. The topological polar surface area (TPSA) is 108 Å². The van der Waals surface area contributed by atoms with Gasteiger partial charge in [0, 0.05) is 34.8 Å². The van der Waals surface area contributed by atoms with Gasteiger partial charge in [-0.15, -0.1) is 0 Å². The van der Waals surface area contributed by atoms with Gasteiger partial charge < -0.3 is 10.6 Å². The predicted octanol–water partition coefficient (Wildman–Crippen LogP) is 4.11. The van der Waals surface area contributed by atoms with Crippen LogP contribution in [0.2, 0.25) is 0 Å². The van der Waals surface area contributed by atoms with Gasteiger partial charge in [-0.1, -0.05) is 38.1 Å². The Morgan fingerprint density at radius 3 is 2.56 bits per heavy atom. The van der Waals surface area contributed by atoms with E-state index >= 15 is 0 Å². The fraction of sp³-hybridized carbons (Fsp3) is 0.370. The lowest BCUT2D eigenvalue weighted by atomic mass is 9.95. The first-order chi connectivity index (χ1) is 17.3. The largest absolute Gasteiger partial charge is 0.321 e. The number of carbonyl (C=O) groups excluding carboxylic acids is 2. The van der Waals surface area contributed by atoms with E-state index in [0.29, 0.717) is 53.6 Å². The number of carbonyl (C=O) groups is 2. The molecular formula is C27H32N4O4S. The van der Waals surface area contributed by atoms with Crippen molar-refractivity contribution in [2.45, 2.75) is 51.0 Å². The van der Waals surface area contributed by atoms with Gasteiger partial charge in [-0.3, -0.25) is 14.6 Å². The monoisotopic (exact) mass is 508 g/mol. The van der Waals surface area contributed by atoms with Gasteiger partial charge in [0.2, 0.25) is 5.91 Å². The molecule has 2 aromatic carbocycles. The summed E-state index contributed by atoms with van der Waals surface area (Å²) < 4.78 is 29.3. The maximum Gasteiger partial charge on any atom is 0.267 e. The SMILES string of the molecule is CCCC(=O)N([C@H]1CCNC[C@@H]1C)S(=O)(=O)c1ccc(NC(=O)c2cccnc2C)c2ccccc12. The Morgan fingerprint density at radius 1 is 1.11 bits per heavy atom. The molecule has 1 saturated heterocycles. The second kappa shape index (κ2) is 10.8. The minimum atomic E-state index is -4.15. The van der Waals surface area contributed by atoms with Gasteiger partial charge in [0.1, 0.15) is 0 Å². The van der Waals surface area contributed by atoms with Crippen LogP contribution in [0.3, 0.4) is 0 Å². The summed E-state index contributed by atoms with van der Waals surface area (Å²) in [7, 11) is -4.15. The molecule has 3 aromatic rings. The van der Waals surface area contributed by atoms with E-state index in [0.717, 1.165) is 4.31 Å². The Bertz CT molecular complexity index is 1390. The highest BCUT2D eigenvalue weighted by Crippen LogP contribution is 2.34. The number of hydrogen-bond acceptors (Lipinski definition) is 6.